The number of nitrogens with zero attached hydrogens (tertiary/aromatic N) is 1. The molecule has 1 aliphatic heterocycles. The van der Waals surface area contributed by atoms with Crippen LogP contribution in [0.5, 0.6) is 0 Å². The van der Waals surface area contributed by atoms with Crippen molar-refractivity contribution in [3.63, 3.8) is 0 Å². The average Bonchev–Trinajstić information content (AvgIpc) is 2.43. The lowest BCUT2D eigenvalue weighted by atomic mass is 9.86. The molecule has 1 heterocycles. The maximum atomic E-state index is 12.4. The van der Waals surface area contributed by atoms with Crippen LogP contribution in [0.3, 0.4) is 0 Å². The minimum atomic E-state index is -0.220. The molecule has 1 aromatic carbocycles. The Kier molecular flexibility index (Phi) is 4.96. The van der Waals surface area contributed by atoms with Crippen molar-refractivity contribution in [1.29, 1.82) is 0 Å². The third-order valence-corrected chi connectivity index (χ3v) is 4.23. The number of aryl methyl sites for hydroxylation is 1. The average molecular weight is 303 g/mol. The predicted octanol–water partition coefficient (Wildman–Crippen LogP) is 3.55. The van der Waals surface area contributed by atoms with Gasteiger partial charge in [0.25, 0.3) is 0 Å². The molecule has 1 saturated heterocycles. The Labute approximate surface area is 134 Å². The highest BCUT2D eigenvalue weighted by Gasteiger charge is 2.29. The standard InChI is InChI=1S/C19H29NO2/c1-18(2,3)16-9-6-15(7-10-16)8-11-17(21)20-12-13-22-19(4,5)14-20/h6-7,9-10H,8,11-14H2,1-5H3. The molecule has 0 radical (unpaired) electrons. The number of ether oxygens (including phenoxy) is 1. The van der Waals surface area contributed by atoms with Crippen LogP contribution in [0.1, 0.15) is 52.2 Å². The second-order valence-corrected chi connectivity index (χ2v) is 7.87. The van der Waals surface area contributed by atoms with E-state index in [0.29, 0.717) is 26.1 Å². The Bertz CT molecular complexity index is 511. The van der Waals surface area contributed by atoms with Crippen molar-refractivity contribution < 1.29 is 9.53 Å². The number of benzene rings is 1. The summed E-state index contributed by atoms with van der Waals surface area (Å²) in [6.07, 6.45) is 1.38. The maximum Gasteiger partial charge on any atom is 0.223 e. The fourth-order valence-electron chi connectivity index (χ4n) is 2.81. The Morgan fingerprint density at radius 3 is 2.41 bits per heavy atom. The molecule has 1 fully saturated rings. The summed E-state index contributed by atoms with van der Waals surface area (Å²) in [4.78, 5) is 14.3. The van der Waals surface area contributed by atoms with Gasteiger partial charge >= 0.3 is 0 Å². The van der Waals surface area contributed by atoms with E-state index in [0.717, 1.165) is 6.42 Å². The van der Waals surface area contributed by atoms with Crippen molar-refractivity contribution in [2.24, 2.45) is 0 Å². The first-order valence-corrected chi connectivity index (χ1v) is 8.19. The van der Waals surface area contributed by atoms with Crippen molar-refractivity contribution in [3.8, 4) is 0 Å². The Morgan fingerprint density at radius 1 is 1.23 bits per heavy atom. The van der Waals surface area contributed by atoms with E-state index in [1.165, 1.54) is 11.1 Å². The van der Waals surface area contributed by atoms with Crippen LogP contribution in [0.25, 0.3) is 0 Å². The van der Waals surface area contributed by atoms with Crippen LogP contribution >= 0.6 is 0 Å². The van der Waals surface area contributed by atoms with E-state index >= 15 is 0 Å². The molecule has 0 aromatic heterocycles. The van der Waals surface area contributed by atoms with Gasteiger partial charge in [0.05, 0.1) is 12.2 Å². The van der Waals surface area contributed by atoms with E-state index in [4.69, 9.17) is 4.74 Å². The Balaban J connectivity index is 1.88. The predicted molar refractivity (Wildman–Crippen MR) is 90.1 cm³/mol. The van der Waals surface area contributed by atoms with Gasteiger partial charge in [-0.1, -0.05) is 45.0 Å². The van der Waals surface area contributed by atoms with E-state index in [2.05, 4.69) is 45.0 Å². The number of amides is 1. The molecule has 122 valence electrons. The lowest BCUT2D eigenvalue weighted by Crippen LogP contribution is -2.50. The number of hydrogen-bond acceptors (Lipinski definition) is 2. The molecule has 0 aliphatic carbocycles. The second kappa shape index (κ2) is 6.41. The van der Waals surface area contributed by atoms with Gasteiger partial charge in [-0.05, 0) is 36.8 Å². The van der Waals surface area contributed by atoms with Crippen LogP contribution in [-0.2, 0) is 21.4 Å². The maximum absolute atomic E-state index is 12.4. The summed E-state index contributed by atoms with van der Waals surface area (Å²) in [7, 11) is 0. The number of hydrogen-bond donors (Lipinski definition) is 0. The highest BCUT2D eigenvalue weighted by Crippen LogP contribution is 2.23. The molecule has 1 aromatic rings. The summed E-state index contributed by atoms with van der Waals surface area (Å²) in [5, 5.41) is 0. The van der Waals surface area contributed by atoms with Gasteiger partial charge in [-0.25, -0.2) is 0 Å². The number of morpholine rings is 1. The van der Waals surface area contributed by atoms with Gasteiger partial charge in [0, 0.05) is 19.5 Å². The molecular formula is C19H29NO2. The largest absolute Gasteiger partial charge is 0.372 e. The van der Waals surface area contributed by atoms with Gasteiger partial charge in [-0.15, -0.1) is 0 Å². The molecule has 0 unspecified atom stereocenters. The Hall–Kier alpha value is -1.35. The summed E-state index contributed by atoms with van der Waals surface area (Å²) in [5.41, 5.74) is 2.52. The molecule has 1 amide bonds. The van der Waals surface area contributed by atoms with Gasteiger partial charge in [-0.2, -0.15) is 0 Å². The summed E-state index contributed by atoms with van der Waals surface area (Å²) in [6, 6.07) is 8.66. The zero-order chi connectivity index (χ0) is 16.4. The summed E-state index contributed by atoms with van der Waals surface area (Å²) >= 11 is 0. The monoisotopic (exact) mass is 303 g/mol. The highest BCUT2D eigenvalue weighted by molar-refractivity contribution is 5.76. The molecule has 0 atom stereocenters. The molecule has 22 heavy (non-hydrogen) atoms. The zero-order valence-corrected chi connectivity index (χ0v) is 14.6. The second-order valence-electron chi connectivity index (χ2n) is 7.87. The van der Waals surface area contributed by atoms with Crippen LogP contribution in [0, 0.1) is 0 Å². The third kappa shape index (κ3) is 4.57. The zero-order valence-electron chi connectivity index (χ0n) is 14.6. The number of carbonyl (C=O) groups is 1. The molecule has 2 rings (SSSR count). The van der Waals surface area contributed by atoms with E-state index in [1.807, 2.05) is 18.7 Å². The van der Waals surface area contributed by atoms with Crippen LogP contribution < -0.4 is 0 Å². The SMILES string of the molecule is CC1(C)CN(C(=O)CCc2ccc(C(C)(C)C)cc2)CCO1. The van der Waals surface area contributed by atoms with Gasteiger partial charge < -0.3 is 9.64 Å². The van der Waals surface area contributed by atoms with Crippen molar-refractivity contribution in [2.45, 2.75) is 58.5 Å². The van der Waals surface area contributed by atoms with Gasteiger partial charge in [0.1, 0.15) is 0 Å². The van der Waals surface area contributed by atoms with Crippen molar-refractivity contribution >= 4 is 5.91 Å². The van der Waals surface area contributed by atoms with E-state index in [9.17, 15) is 4.79 Å². The fraction of sp³-hybridized carbons (Fsp3) is 0.632. The van der Waals surface area contributed by atoms with Crippen molar-refractivity contribution in [3.05, 3.63) is 35.4 Å². The van der Waals surface area contributed by atoms with Crippen LogP contribution in [0.4, 0.5) is 0 Å². The molecule has 0 saturated carbocycles. The molecule has 0 N–H and O–H groups in total. The van der Waals surface area contributed by atoms with Gasteiger partial charge in [0.15, 0.2) is 0 Å². The minimum absolute atomic E-state index is 0.174. The van der Waals surface area contributed by atoms with Gasteiger partial charge in [0.2, 0.25) is 5.91 Å². The molecular weight excluding hydrogens is 274 g/mol. The highest BCUT2D eigenvalue weighted by atomic mass is 16.5. The molecule has 1 aliphatic rings. The lowest BCUT2D eigenvalue weighted by molar-refractivity contribution is -0.145. The van der Waals surface area contributed by atoms with E-state index in [1.54, 1.807) is 0 Å². The molecule has 3 nitrogen and oxygen atoms in total. The van der Waals surface area contributed by atoms with Crippen LogP contribution in [0.15, 0.2) is 24.3 Å². The molecule has 3 heteroatoms. The Morgan fingerprint density at radius 2 is 1.86 bits per heavy atom. The summed E-state index contributed by atoms with van der Waals surface area (Å²) in [5.74, 6) is 0.233. The quantitative estimate of drug-likeness (QED) is 0.854. The van der Waals surface area contributed by atoms with E-state index < -0.39 is 0 Å². The normalized spacial score (nSPS) is 18.3. The fourth-order valence-corrected chi connectivity index (χ4v) is 2.81. The smallest absolute Gasteiger partial charge is 0.223 e. The first kappa shape index (κ1) is 17.0. The van der Waals surface area contributed by atoms with Crippen LogP contribution in [0.2, 0.25) is 0 Å². The van der Waals surface area contributed by atoms with Gasteiger partial charge in [-0.3, -0.25) is 4.79 Å². The summed E-state index contributed by atoms with van der Waals surface area (Å²) in [6.45, 7) is 12.8. The molecule has 0 bridgehead atoms. The number of rotatable bonds is 3. The van der Waals surface area contributed by atoms with Crippen LogP contribution in [-0.4, -0.2) is 36.1 Å². The third-order valence-electron chi connectivity index (χ3n) is 4.23. The lowest BCUT2D eigenvalue weighted by Gasteiger charge is -2.38. The van der Waals surface area contributed by atoms with Crippen molar-refractivity contribution in [1.82, 2.24) is 4.90 Å². The van der Waals surface area contributed by atoms with E-state index in [-0.39, 0.29) is 16.9 Å². The van der Waals surface area contributed by atoms with Crippen molar-refractivity contribution in [2.75, 3.05) is 19.7 Å². The summed E-state index contributed by atoms with van der Waals surface area (Å²) < 4.78 is 5.66. The first-order valence-electron chi connectivity index (χ1n) is 8.19. The molecule has 0 spiro atoms. The number of carbonyl (C=O) groups excluding carboxylic acids is 1. The minimum Gasteiger partial charge on any atom is -0.372 e. The first-order chi connectivity index (χ1) is 10.2. The topological polar surface area (TPSA) is 29.5 Å².